The monoisotopic (exact) mass is 271 g/mol. The summed E-state index contributed by atoms with van der Waals surface area (Å²) in [5.41, 5.74) is 5.58. The number of imidazole rings is 1. The molecule has 0 aliphatic rings. The van der Waals surface area contributed by atoms with E-state index in [9.17, 15) is 25.2 Å². The first-order chi connectivity index (χ1) is 6.65. The molecule has 1 unspecified atom stereocenters. The predicted molar refractivity (Wildman–Crippen MR) is 48.1 cm³/mol. The Morgan fingerprint density at radius 2 is 1.56 bits per heavy atom. The molecule has 10 heteroatoms. The van der Waals surface area contributed by atoms with Crippen LogP contribution in [0.4, 0.5) is 25.2 Å². The fourth-order valence-electron chi connectivity index (χ4n) is 0.710. The van der Waals surface area contributed by atoms with Gasteiger partial charge in [-0.3, -0.25) is 5.73 Å². The van der Waals surface area contributed by atoms with Crippen LogP contribution in [0.3, 0.4) is 0 Å². The summed E-state index contributed by atoms with van der Waals surface area (Å²) >= 11 is 0. The molecule has 0 spiro atoms. The van der Waals surface area contributed by atoms with Gasteiger partial charge >= 0.3 is 33.0 Å². The van der Waals surface area contributed by atoms with Crippen LogP contribution in [-0.2, 0) is 7.05 Å². The zero-order valence-corrected chi connectivity index (χ0v) is 9.39. The van der Waals surface area contributed by atoms with Crippen LogP contribution in [0.2, 0.25) is 0 Å². The van der Waals surface area contributed by atoms with E-state index in [4.69, 9.17) is 5.73 Å². The van der Waals surface area contributed by atoms with Gasteiger partial charge in [-0.05, 0) is 6.92 Å². The quantitative estimate of drug-likeness (QED) is 0.475. The summed E-state index contributed by atoms with van der Waals surface area (Å²) in [7, 11) is -8.69. The van der Waals surface area contributed by atoms with Gasteiger partial charge in [-0.2, -0.15) is 0 Å². The van der Waals surface area contributed by atoms with Crippen molar-refractivity contribution in [3.8, 4) is 0 Å². The Bertz CT molecular complexity index is 341. The maximum absolute atomic E-state index is 10.7. The molecule has 1 rings (SSSR count). The van der Waals surface area contributed by atoms with Crippen LogP contribution < -0.4 is 10.3 Å². The van der Waals surface area contributed by atoms with Crippen molar-refractivity contribution < 1.29 is 29.7 Å². The average molecular weight is 271 g/mol. The molecule has 0 aliphatic carbocycles. The van der Waals surface area contributed by atoms with Crippen molar-refractivity contribution >= 4 is 7.81 Å². The molecule has 16 heavy (non-hydrogen) atoms. The van der Waals surface area contributed by atoms with E-state index in [1.54, 1.807) is 0 Å². The molecule has 3 nitrogen and oxygen atoms in total. The number of halogens is 6. The van der Waals surface area contributed by atoms with Crippen LogP contribution in [-0.4, -0.2) is 4.57 Å². The molecule has 0 bridgehead atoms. The number of aryl methyl sites for hydroxylation is 1. The van der Waals surface area contributed by atoms with Crippen LogP contribution in [0.15, 0.2) is 18.7 Å². The van der Waals surface area contributed by atoms with E-state index >= 15 is 0 Å². The molecule has 0 saturated heterocycles. The van der Waals surface area contributed by atoms with Crippen molar-refractivity contribution in [3.63, 3.8) is 0 Å². The number of hydrogen-bond donors (Lipinski definition) is 1. The molecule has 1 atom stereocenters. The zero-order valence-electron chi connectivity index (χ0n) is 8.50. The minimum atomic E-state index is -10.7. The second kappa shape index (κ2) is 3.59. The van der Waals surface area contributed by atoms with Crippen molar-refractivity contribution in [2.24, 2.45) is 12.8 Å². The first-order valence-corrected chi connectivity index (χ1v) is 6.02. The predicted octanol–water partition coefficient (Wildman–Crippen LogP) is 3.17. The second-order valence-electron chi connectivity index (χ2n) is 3.23. The molecule has 1 heterocycles. The fraction of sp³-hybridized carbons (Fsp3) is 0.500. The van der Waals surface area contributed by atoms with Gasteiger partial charge in [-0.15, -0.1) is 0 Å². The van der Waals surface area contributed by atoms with Gasteiger partial charge in [0.15, 0.2) is 0 Å². The SMILES string of the molecule is CC(N)[n+]1ccn(C)c1.F[P-](F)(F)(F)(F)F. The molecule has 1 aromatic heterocycles. The third-order valence-electron chi connectivity index (χ3n) is 1.26. The summed E-state index contributed by atoms with van der Waals surface area (Å²) < 4.78 is 63.1. The van der Waals surface area contributed by atoms with Gasteiger partial charge in [0.25, 0.3) is 0 Å². The van der Waals surface area contributed by atoms with Crippen LogP contribution in [0, 0.1) is 0 Å². The number of nitrogens with zero attached hydrogens (tertiary/aromatic N) is 2. The van der Waals surface area contributed by atoms with Gasteiger partial charge in [-0.25, -0.2) is 9.13 Å². The van der Waals surface area contributed by atoms with Crippen molar-refractivity contribution in [2.45, 2.75) is 13.1 Å². The molecule has 0 fully saturated rings. The maximum atomic E-state index is 9.87. The normalized spacial score (nSPS) is 17.8. The van der Waals surface area contributed by atoms with E-state index in [-0.39, 0.29) is 6.17 Å². The first kappa shape index (κ1) is 15.2. The minimum absolute atomic E-state index is 0.0752. The van der Waals surface area contributed by atoms with Crippen molar-refractivity contribution in [1.82, 2.24) is 4.57 Å². The van der Waals surface area contributed by atoms with E-state index in [1.807, 2.05) is 41.8 Å². The summed E-state index contributed by atoms with van der Waals surface area (Å²) in [4.78, 5) is 0. The first-order valence-electron chi connectivity index (χ1n) is 4.00. The molecular formula is C6H12F6N3P. The Morgan fingerprint density at radius 1 is 1.19 bits per heavy atom. The van der Waals surface area contributed by atoms with E-state index in [0.717, 1.165) is 0 Å². The van der Waals surface area contributed by atoms with E-state index in [2.05, 4.69) is 0 Å². The molecule has 0 radical (unpaired) electrons. The molecule has 0 aliphatic heterocycles. The Hall–Kier alpha value is -0.820. The van der Waals surface area contributed by atoms with Gasteiger partial charge in [0.1, 0.15) is 18.6 Å². The summed E-state index contributed by atoms with van der Waals surface area (Å²) in [5, 5.41) is 0. The molecular weight excluding hydrogens is 259 g/mol. The number of rotatable bonds is 1. The molecule has 1 aromatic rings. The van der Waals surface area contributed by atoms with E-state index in [0.29, 0.717) is 0 Å². The third-order valence-corrected chi connectivity index (χ3v) is 1.26. The summed E-state index contributed by atoms with van der Waals surface area (Å²) in [5.74, 6) is 0. The molecule has 0 aromatic carbocycles. The number of nitrogens with two attached hydrogens (primary N) is 1. The van der Waals surface area contributed by atoms with E-state index in [1.165, 1.54) is 0 Å². The Kier molecular flexibility index (Phi) is 3.41. The van der Waals surface area contributed by atoms with Crippen LogP contribution >= 0.6 is 7.81 Å². The Labute approximate surface area is 87.7 Å². The molecule has 0 amide bonds. The average Bonchev–Trinajstić information content (AvgIpc) is 2.27. The zero-order chi connectivity index (χ0) is 13.3. The Balaban J connectivity index is 0.000000293. The number of hydrogen-bond acceptors (Lipinski definition) is 1. The van der Waals surface area contributed by atoms with Gasteiger partial charge < -0.3 is 0 Å². The fourth-order valence-corrected chi connectivity index (χ4v) is 0.710. The molecule has 0 saturated carbocycles. The summed E-state index contributed by atoms with van der Waals surface area (Å²) in [6.45, 7) is 1.94. The number of aromatic nitrogens is 2. The van der Waals surface area contributed by atoms with Crippen molar-refractivity contribution in [1.29, 1.82) is 0 Å². The Morgan fingerprint density at radius 3 is 1.69 bits per heavy atom. The topological polar surface area (TPSA) is 34.8 Å². The van der Waals surface area contributed by atoms with Gasteiger partial charge in [0, 0.05) is 0 Å². The van der Waals surface area contributed by atoms with Gasteiger partial charge in [-0.1, -0.05) is 0 Å². The third kappa shape index (κ3) is 13.2. The summed E-state index contributed by atoms with van der Waals surface area (Å²) in [6.07, 6.45) is 5.94. The van der Waals surface area contributed by atoms with Crippen LogP contribution in [0.5, 0.6) is 0 Å². The van der Waals surface area contributed by atoms with Crippen LogP contribution in [0.25, 0.3) is 0 Å². The summed E-state index contributed by atoms with van der Waals surface area (Å²) in [6, 6.07) is 0. The van der Waals surface area contributed by atoms with Gasteiger partial charge in [0.2, 0.25) is 6.33 Å². The van der Waals surface area contributed by atoms with Gasteiger partial charge in [0.05, 0.1) is 7.05 Å². The van der Waals surface area contributed by atoms with Crippen LogP contribution in [0.1, 0.15) is 13.1 Å². The second-order valence-corrected chi connectivity index (χ2v) is 5.14. The van der Waals surface area contributed by atoms with Crippen molar-refractivity contribution in [2.75, 3.05) is 0 Å². The standard InChI is InChI=1S/C6H12N3.F6P/c1-6(7)9-4-3-8(2)5-9;1-7(2,3,4,5)6/h3-6H,7H2,1-2H3;/q+1;-1. The molecule has 2 N–H and O–H groups in total. The van der Waals surface area contributed by atoms with E-state index < -0.39 is 7.81 Å². The van der Waals surface area contributed by atoms with Crippen molar-refractivity contribution in [3.05, 3.63) is 18.7 Å². The molecule has 98 valence electrons.